The molecule has 1 N–H and O–H groups in total. The van der Waals surface area contributed by atoms with E-state index in [1.165, 1.54) is 30.0 Å². The molecule has 4 heteroatoms. The molecule has 1 amide bonds. The molecule has 0 spiro atoms. The van der Waals surface area contributed by atoms with Crippen molar-refractivity contribution in [1.29, 1.82) is 0 Å². The van der Waals surface area contributed by atoms with Crippen molar-refractivity contribution >= 4 is 33.7 Å². The van der Waals surface area contributed by atoms with E-state index < -0.39 is 0 Å². The lowest BCUT2D eigenvalue weighted by molar-refractivity contribution is -0.122. The molecule has 0 radical (unpaired) electrons. The molecule has 1 heterocycles. The molecule has 0 unspecified atom stereocenters. The summed E-state index contributed by atoms with van der Waals surface area (Å²) in [6.45, 7) is 2.43. The maximum absolute atomic E-state index is 12.2. The van der Waals surface area contributed by atoms with Gasteiger partial charge in [0.1, 0.15) is 0 Å². The molecule has 1 aliphatic heterocycles. The van der Waals surface area contributed by atoms with Gasteiger partial charge in [-0.15, -0.1) is 0 Å². The van der Waals surface area contributed by atoms with E-state index in [0.29, 0.717) is 6.54 Å². The van der Waals surface area contributed by atoms with Crippen LogP contribution in [0.25, 0.3) is 21.5 Å². The number of hydrazone groups is 1. The minimum absolute atomic E-state index is 0.0484. The van der Waals surface area contributed by atoms with Crippen molar-refractivity contribution in [3.8, 4) is 0 Å². The topological polar surface area (TPSA) is 44.7 Å². The number of carbonyl (C=O) groups is 1. The number of rotatable bonds is 4. The Hall–Kier alpha value is -2.72. The molecular formula is C22H23N3O. The van der Waals surface area contributed by atoms with Gasteiger partial charge in [0, 0.05) is 5.56 Å². The van der Waals surface area contributed by atoms with Crippen LogP contribution >= 0.6 is 0 Å². The number of amides is 1. The van der Waals surface area contributed by atoms with Crippen LogP contribution < -0.4 is 5.43 Å². The SMILES string of the molecule is O=C(CN1CCCCC1)NN=Cc1c2ccccc2cc2ccccc12. The van der Waals surface area contributed by atoms with Crippen molar-refractivity contribution in [2.24, 2.45) is 5.10 Å². The van der Waals surface area contributed by atoms with Gasteiger partial charge in [-0.25, -0.2) is 5.43 Å². The Morgan fingerprint density at radius 2 is 1.58 bits per heavy atom. The van der Waals surface area contributed by atoms with Crippen LogP contribution in [0.3, 0.4) is 0 Å². The Labute approximate surface area is 153 Å². The first-order chi connectivity index (χ1) is 12.8. The van der Waals surface area contributed by atoms with Crippen LogP contribution in [-0.2, 0) is 4.79 Å². The molecule has 3 aromatic rings. The molecule has 3 aromatic carbocycles. The third kappa shape index (κ3) is 3.60. The van der Waals surface area contributed by atoms with E-state index in [0.717, 1.165) is 29.4 Å². The second kappa shape index (κ2) is 7.67. The molecule has 1 saturated heterocycles. The minimum Gasteiger partial charge on any atom is -0.294 e. The minimum atomic E-state index is -0.0484. The lowest BCUT2D eigenvalue weighted by Crippen LogP contribution is -2.38. The summed E-state index contributed by atoms with van der Waals surface area (Å²) in [7, 11) is 0. The molecule has 4 rings (SSSR count). The fourth-order valence-electron chi connectivity index (χ4n) is 3.71. The highest BCUT2D eigenvalue weighted by molar-refractivity contribution is 6.13. The van der Waals surface area contributed by atoms with E-state index in [9.17, 15) is 4.79 Å². The summed E-state index contributed by atoms with van der Waals surface area (Å²) in [5.41, 5.74) is 3.74. The molecule has 1 aliphatic rings. The molecule has 4 nitrogen and oxygen atoms in total. The van der Waals surface area contributed by atoms with E-state index in [2.05, 4.69) is 45.8 Å². The van der Waals surface area contributed by atoms with Gasteiger partial charge in [0.05, 0.1) is 12.8 Å². The molecular weight excluding hydrogens is 322 g/mol. The van der Waals surface area contributed by atoms with Crippen LogP contribution in [0.2, 0.25) is 0 Å². The Kier molecular flexibility index (Phi) is 4.93. The van der Waals surface area contributed by atoms with Gasteiger partial charge in [0.2, 0.25) is 0 Å². The number of carbonyl (C=O) groups excluding carboxylic acids is 1. The predicted molar refractivity (Wildman–Crippen MR) is 107 cm³/mol. The molecule has 0 aromatic heterocycles. The first-order valence-electron chi connectivity index (χ1n) is 9.26. The Morgan fingerprint density at radius 1 is 0.962 bits per heavy atom. The smallest absolute Gasteiger partial charge is 0.254 e. The zero-order valence-corrected chi connectivity index (χ0v) is 14.8. The van der Waals surface area contributed by atoms with Crippen LogP contribution in [0.5, 0.6) is 0 Å². The van der Waals surface area contributed by atoms with Gasteiger partial charge in [0.25, 0.3) is 5.91 Å². The number of hydrogen-bond donors (Lipinski definition) is 1. The number of likely N-dealkylation sites (tertiary alicyclic amines) is 1. The maximum Gasteiger partial charge on any atom is 0.254 e. The van der Waals surface area contributed by atoms with E-state index in [1.54, 1.807) is 6.21 Å². The number of benzene rings is 3. The Balaban J connectivity index is 1.57. The van der Waals surface area contributed by atoms with Gasteiger partial charge in [-0.05, 0) is 53.5 Å². The Bertz CT molecular complexity index is 904. The summed E-state index contributed by atoms with van der Waals surface area (Å²) in [5.74, 6) is -0.0484. The summed E-state index contributed by atoms with van der Waals surface area (Å²) >= 11 is 0. The first kappa shape index (κ1) is 16.7. The highest BCUT2D eigenvalue weighted by Crippen LogP contribution is 2.27. The van der Waals surface area contributed by atoms with Crippen LogP contribution in [-0.4, -0.2) is 36.7 Å². The van der Waals surface area contributed by atoms with Crippen molar-refractivity contribution in [2.45, 2.75) is 19.3 Å². The van der Waals surface area contributed by atoms with Crippen molar-refractivity contribution in [1.82, 2.24) is 10.3 Å². The van der Waals surface area contributed by atoms with Gasteiger partial charge < -0.3 is 0 Å². The zero-order chi connectivity index (χ0) is 17.8. The number of hydrogen-bond acceptors (Lipinski definition) is 3. The summed E-state index contributed by atoms with van der Waals surface area (Å²) in [4.78, 5) is 14.4. The number of piperidine rings is 1. The quantitative estimate of drug-likeness (QED) is 0.442. The van der Waals surface area contributed by atoms with Crippen LogP contribution in [0, 0.1) is 0 Å². The van der Waals surface area contributed by atoms with E-state index >= 15 is 0 Å². The van der Waals surface area contributed by atoms with Crippen molar-refractivity contribution in [3.63, 3.8) is 0 Å². The highest BCUT2D eigenvalue weighted by atomic mass is 16.2. The lowest BCUT2D eigenvalue weighted by atomic mass is 9.97. The molecule has 0 saturated carbocycles. The van der Waals surface area contributed by atoms with Crippen molar-refractivity contribution < 1.29 is 4.79 Å². The van der Waals surface area contributed by atoms with Gasteiger partial charge in [-0.3, -0.25) is 9.69 Å². The largest absolute Gasteiger partial charge is 0.294 e. The number of nitrogens with zero attached hydrogens (tertiary/aromatic N) is 2. The summed E-state index contributed by atoms with van der Waals surface area (Å²) in [5, 5.41) is 8.88. The summed E-state index contributed by atoms with van der Waals surface area (Å²) in [6, 6.07) is 18.7. The average Bonchev–Trinajstić information content (AvgIpc) is 2.68. The van der Waals surface area contributed by atoms with Gasteiger partial charge >= 0.3 is 0 Å². The third-order valence-corrected chi connectivity index (χ3v) is 5.01. The molecule has 0 atom stereocenters. The Morgan fingerprint density at radius 3 is 2.23 bits per heavy atom. The maximum atomic E-state index is 12.2. The van der Waals surface area contributed by atoms with Crippen LogP contribution in [0.4, 0.5) is 0 Å². The highest BCUT2D eigenvalue weighted by Gasteiger charge is 2.13. The number of fused-ring (bicyclic) bond motifs is 2. The predicted octanol–water partition coefficient (Wildman–Crippen LogP) is 3.93. The molecule has 0 bridgehead atoms. The monoisotopic (exact) mass is 345 g/mol. The van der Waals surface area contributed by atoms with E-state index in [-0.39, 0.29) is 5.91 Å². The second-order valence-electron chi connectivity index (χ2n) is 6.86. The van der Waals surface area contributed by atoms with Crippen molar-refractivity contribution in [2.75, 3.05) is 19.6 Å². The van der Waals surface area contributed by atoms with Crippen LogP contribution in [0.1, 0.15) is 24.8 Å². The molecule has 26 heavy (non-hydrogen) atoms. The van der Waals surface area contributed by atoms with Gasteiger partial charge in [0.15, 0.2) is 0 Å². The molecule has 0 aliphatic carbocycles. The van der Waals surface area contributed by atoms with E-state index in [1.807, 2.05) is 24.3 Å². The third-order valence-electron chi connectivity index (χ3n) is 5.01. The fourth-order valence-corrected chi connectivity index (χ4v) is 3.71. The standard InChI is InChI=1S/C22H23N3O/c26-22(16-25-12-6-1-7-13-25)24-23-15-21-19-10-4-2-8-17(19)14-18-9-3-5-11-20(18)21/h2-5,8-11,14-15H,1,6-7,12-13,16H2,(H,24,26). The molecule has 132 valence electrons. The zero-order valence-electron chi connectivity index (χ0n) is 14.8. The number of nitrogens with one attached hydrogen (secondary N) is 1. The lowest BCUT2D eigenvalue weighted by Gasteiger charge is -2.25. The second-order valence-corrected chi connectivity index (χ2v) is 6.86. The van der Waals surface area contributed by atoms with Gasteiger partial charge in [-0.1, -0.05) is 55.0 Å². The van der Waals surface area contributed by atoms with Crippen LogP contribution in [0.15, 0.2) is 59.7 Å². The van der Waals surface area contributed by atoms with E-state index in [4.69, 9.17) is 0 Å². The average molecular weight is 345 g/mol. The van der Waals surface area contributed by atoms with Gasteiger partial charge in [-0.2, -0.15) is 5.10 Å². The summed E-state index contributed by atoms with van der Waals surface area (Å²) < 4.78 is 0. The molecule has 1 fully saturated rings. The normalized spacial score (nSPS) is 15.7. The first-order valence-corrected chi connectivity index (χ1v) is 9.26. The summed E-state index contributed by atoms with van der Waals surface area (Å²) in [6.07, 6.45) is 5.40. The fraction of sp³-hybridized carbons (Fsp3) is 0.273. The van der Waals surface area contributed by atoms with Crippen molar-refractivity contribution in [3.05, 3.63) is 60.2 Å².